The third-order valence-electron chi connectivity index (χ3n) is 7.72. The summed E-state index contributed by atoms with van der Waals surface area (Å²) in [7, 11) is 0. The highest BCUT2D eigenvalue weighted by Crippen LogP contribution is 2.34. The molecule has 1 N–H and O–H groups in total. The van der Waals surface area contributed by atoms with Gasteiger partial charge in [-0.05, 0) is 80.1 Å². The Labute approximate surface area is 246 Å². The van der Waals surface area contributed by atoms with E-state index in [9.17, 15) is 9.90 Å². The van der Waals surface area contributed by atoms with Crippen molar-refractivity contribution < 1.29 is 14.7 Å². The van der Waals surface area contributed by atoms with Gasteiger partial charge in [0.2, 0.25) is 5.78 Å². The molecule has 5 rings (SSSR count). The lowest BCUT2D eigenvalue weighted by Crippen LogP contribution is -2.16. The van der Waals surface area contributed by atoms with Crippen molar-refractivity contribution >= 4 is 45.1 Å². The summed E-state index contributed by atoms with van der Waals surface area (Å²) < 4.78 is 2.25. The van der Waals surface area contributed by atoms with Gasteiger partial charge in [0.05, 0.1) is 0 Å². The monoisotopic (exact) mass is 566 g/mol. The predicted octanol–water partition coefficient (Wildman–Crippen LogP) is 8.38. The largest absolute Gasteiger partial charge is 0.396 e. The number of hydrogen-bond donors (Lipinski definition) is 1. The van der Waals surface area contributed by atoms with Gasteiger partial charge in [0.15, 0.2) is 0 Å². The fraction of sp³-hybridized carbons (Fsp3) is 0.314. The van der Waals surface area contributed by atoms with Crippen molar-refractivity contribution in [1.29, 1.82) is 0 Å². The van der Waals surface area contributed by atoms with Crippen LogP contribution >= 0.6 is 11.8 Å². The summed E-state index contributed by atoms with van der Waals surface area (Å²) >= 11 is 1.75. The Hall–Kier alpha value is -3.61. The van der Waals surface area contributed by atoms with E-state index in [0.29, 0.717) is 30.2 Å². The first kappa shape index (κ1) is 28.9. The average Bonchev–Trinajstić information content (AvgIpc) is 3.31. The van der Waals surface area contributed by atoms with Crippen LogP contribution in [0.3, 0.4) is 0 Å². The SMILES string of the molecule is CCO/N=C(\CCSC1=CCC(C)C=C1)C(=O)c1ccc2c(c1)c1cc(C(O)c3ccccc3C)ccc1n2CC. The van der Waals surface area contributed by atoms with Gasteiger partial charge in [-0.1, -0.05) is 60.6 Å². The molecule has 3 aromatic carbocycles. The molecule has 1 aromatic heterocycles. The van der Waals surface area contributed by atoms with E-state index in [4.69, 9.17) is 4.84 Å². The van der Waals surface area contributed by atoms with Gasteiger partial charge in [0, 0.05) is 51.0 Å². The summed E-state index contributed by atoms with van der Waals surface area (Å²) in [6.45, 7) is 9.42. The Morgan fingerprint density at radius 1 is 1.10 bits per heavy atom. The van der Waals surface area contributed by atoms with E-state index in [1.807, 2.05) is 62.4 Å². The molecule has 4 aromatic rings. The van der Waals surface area contributed by atoms with Crippen molar-refractivity contribution in [3.8, 4) is 0 Å². The molecule has 0 amide bonds. The third kappa shape index (κ3) is 6.19. The number of fused-ring (bicyclic) bond motifs is 3. The summed E-state index contributed by atoms with van der Waals surface area (Å²) in [4.78, 5) is 20.3. The lowest BCUT2D eigenvalue weighted by Gasteiger charge is -2.14. The van der Waals surface area contributed by atoms with Crippen LogP contribution in [0, 0.1) is 12.8 Å². The molecule has 0 saturated heterocycles. The number of allylic oxidation sites excluding steroid dienone is 3. The van der Waals surface area contributed by atoms with Crippen LogP contribution in [0.1, 0.15) is 66.8 Å². The van der Waals surface area contributed by atoms with Gasteiger partial charge < -0.3 is 14.5 Å². The summed E-state index contributed by atoms with van der Waals surface area (Å²) in [6.07, 6.45) is 7.50. The van der Waals surface area contributed by atoms with E-state index < -0.39 is 6.10 Å². The van der Waals surface area contributed by atoms with Gasteiger partial charge in [-0.3, -0.25) is 4.79 Å². The number of oxime groups is 1. The Balaban J connectivity index is 1.47. The number of benzene rings is 3. The van der Waals surface area contributed by atoms with Gasteiger partial charge in [0.25, 0.3) is 0 Å². The molecular formula is C35H38N2O3S. The number of Topliss-reactive ketones (excluding diaryl/α,β-unsaturated/α-hetero) is 1. The van der Waals surface area contributed by atoms with Crippen molar-refractivity contribution in [3.63, 3.8) is 0 Å². The number of aromatic nitrogens is 1. The molecule has 0 bridgehead atoms. The maximum absolute atomic E-state index is 13.7. The second kappa shape index (κ2) is 12.9. The second-order valence-electron chi connectivity index (χ2n) is 10.6. The highest BCUT2D eigenvalue weighted by Gasteiger charge is 2.20. The second-order valence-corrected chi connectivity index (χ2v) is 11.7. The number of aliphatic hydroxyl groups is 1. The first-order valence-electron chi connectivity index (χ1n) is 14.4. The van der Waals surface area contributed by atoms with E-state index in [0.717, 1.165) is 57.2 Å². The van der Waals surface area contributed by atoms with Crippen molar-refractivity contribution in [2.45, 2.75) is 53.2 Å². The minimum Gasteiger partial charge on any atom is -0.396 e. The molecule has 6 heteroatoms. The third-order valence-corrected chi connectivity index (χ3v) is 8.76. The molecule has 2 unspecified atom stereocenters. The number of aryl methyl sites for hydroxylation is 2. The topological polar surface area (TPSA) is 63.8 Å². The summed E-state index contributed by atoms with van der Waals surface area (Å²) in [5.74, 6) is 1.21. The number of carbonyl (C=O) groups excluding carboxylic acids is 1. The van der Waals surface area contributed by atoms with Gasteiger partial charge in [0.1, 0.15) is 18.4 Å². The Morgan fingerprint density at radius 2 is 1.85 bits per heavy atom. The first-order valence-corrected chi connectivity index (χ1v) is 15.4. The Bertz CT molecular complexity index is 1660. The smallest absolute Gasteiger partial charge is 0.210 e. The zero-order chi connectivity index (χ0) is 28.9. The lowest BCUT2D eigenvalue weighted by atomic mass is 9.96. The fourth-order valence-corrected chi connectivity index (χ4v) is 6.36. The van der Waals surface area contributed by atoms with Crippen molar-refractivity contribution in [3.05, 3.63) is 106 Å². The van der Waals surface area contributed by atoms with E-state index >= 15 is 0 Å². The standard InChI is InChI=1S/C35H38N2O3S/c1-5-37-32-17-13-25(34(38)28-10-8-7-9-24(28)4)21-29(32)30-22-26(14-18-33(30)37)35(39)31(36-40-6-2)19-20-41-27-15-11-23(3)12-16-27/h7-11,13-18,21-23,34,38H,5-6,12,19-20H2,1-4H3/b36-31+. The number of nitrogens with zero attached hydrogens (tertiary/aromatic N) is 2. The molecule has 41 heavy (non-hydrogen) atoms. The highest BCUT2D eigenvalue weighted by atomic mass is 32.2. The predicted molar refractivity (Wildman–Crippen MR) is 172 cm³/mol. The lowest BCUT2D eigenvalue weighted by molar-refractivity contribution is 0.104. The van der Waals surface area contributed by atoms with E-state index in [1.54, 1.807) is 11.8 Å². The van der Waals surface area contributed by atoms with Crippen LogP contribution in [0.5, 0.6) is 0 Å². The van der Waals surface area contributed by atoms with Crippen molar-refractivity contribution in [1.82, 2.24) is 4.57 Å². The van der Waals surface area contributed by atoms with Gasteiger partial charge in [-0.15, -0.1) is 11.8 Å². The fourth-order valence-electron chi connectivity index (χ4n) is 5.44. The normalized spacial score (nSPS) is 16.3. The first-order chi connectivity index (χ1) is 19.9. The summed E-state index contributed by atoms with van der Waals surface area (Å²) in [6, 6.07) is 19.9. The van der Waals surface area contributed by atoms with Crippen LogP contribution in [0.15, 0.2) is 89.0 Å². The molecule has 1 heterocycles. The van der Waals surface area contributed by atoms with Crippen LogP contribution < -0.4 is 0 Å². The number of aliphatic hydroxyl groups excluding tert-OH is 1. The molecule has 1 aliphatic carbocycles. The number of rotatable bonds is 11. The number of thioether (sulfide) groups is 1. The van der Waals surface area contributed by atoms with Crippen LogP contribution in [-0.4, -0.2) is 33.5 Å². The Kier molecular flexibility index (Phi) is 9.11. The molecular weight excluding hydrogens is 528 g/mol. The summed E-state index contributed by atoms with van der Waals surface area (Å²) in [5, 5.41) is 17.5. The van der Waals surface area contributed by atoms with Gasteiger partial charge in [-0.2, -0.15) is 0 Å². The van der Waals surface area contributed by atoms with Gasteiger partial charge >= 0.3 is 0 Å². The number of ketones is 1. The summed E-state index contributed by atoms with van der Waals surface area (Å²) in [5.41, 5.74) is 5.93. The molecule has 0 aliphatic heterocycles. The van der Waals surface area contributed by atoms with Crippen molar-refractivity contribution in [2.24, 2.45) is 11.1 Å². The van der Waals surface area contributed by atoms with E-state index in [1.165, 1.54) is 4.91 Å². The molecule has 0 saturated carbocycles. The maximum atomic E-state index is 13.7. The molecule has 5 nitrogen and oxygen atoms in total. The van der Waals surface area contributed by atoms with Crippen LogP contribution in [-0.2, 0) is 11.4 Å². The minimum atomic E-state index is -0.731. The zero-order valence-corrected chi connectivity index (χ0v) is 25.1. The zero-order valence-electron chi connectivity index (χ0n) is 24.3. The highest BCUT2D eigenvalue weighted by molar-refractivity contribution is 8.03. The van der Waals surface area contributed by atoms with E-state index in [-0.39, 0.29) is 5.78 Å². The molecule has 0 radical (unpaired) electrons. The molecule has 1 aliphatic rings. The van der Waals surface area contributed by atoms with Crippen LogP contribution in [0.4, 0.5) is 0 Å². The molecule has 0 fully saturated rings. The quantitative estimate of drug-likeness (QED) is 0.113. The average molecular weight is 567 g/mol. The number of carbonyl (C=O) groups is 1. The molecule has 212 valence electrons. The van der Waals surface area contributed by atoms with E-state index in [2.05, 4.69) is 53.9 Å². The number of hydrogen-bond acceptors (Lipinski definition) is 5. The van der Waals surface area contributed by atoms with Crippen LogP contribution in [0.25, 0.3) is 21.8 Å². The van der Waals surface area contributed by atoms with Crippen molar-refractivity contribution in [2.75, 3.05) is 12.4 Å². The molecule has 2 atom stereocenters. The van der Waals surface area contributed by atoms with Gasteiger partial charge in [-0.25, -0.2) is 0 Å². The van der Waals surface area contributed by atoms with Crippen LogP contribution in [0.2, 0.25) is 0 Å². The molecule has 0 spiro atoms. The Morgan fingerprint density at radius 3 is 2.56 bits per heavy atom. The minimum absolute atomic E-state index is 0.115. The maximum Gasteiger partial charge on any atom is 0.210 e.